The highest BCUT2D eigenvalue weighted by Crippen LogP contribution is 2.25. The molecule has 1 aliphatic rings. The minimum absolute atomic E-state index is 0.170. The molecule has 0 radical (unpaired) electrons. The van der Waals surface area contributed by atoms with Crippen LogP contribution in [-0.4, -0.2) is 30.6 Å². The topological polar surface area (TPSA) is 29.5 Å². The molecule has 1 aromatic carbocycles. The summed E-state index contributed by atoms with van der Waals surface area (Å²) in [6, 6.07) is 6.48. The monoisotopic (exact) mass is 247 g/mol. The summed E-state index contributed by atoms with van der Waals surface area (Å²) in [6.07, 6.45) is 2.04. The fraction of sp³-hybridized carbons (Fsp3) is 0.533. The number of rotatable bonds is 5. The molecule has 0 spiro atoms. The minimum atomic E-state index is 0.170. The lowest BCUT2D eigenvalue weighted by atomic mass is 10.0. The standard InChI is InChI=1S/C15H21NO2/c1-11(2)16-10-13-9-12(5-4-8-18-3)6-7-14(13)15(16)17/h6-7,9,11H,4-5,8,10H2,1-3H3. The van der Waals surface area contributed by atoms with Crippen molar-refractivity contribution in [3.05, 3.63) is 34.9 Å². The maximum absolute atomic E-state index is 12.1. The van der Waals surface area contributed by atoms with Gasteiger partial charge in [-0.15, -0.1) is 0 Å². The largest absolute Gasteiger partial charge is 0.385 e. The number of methoxy groups -OCH3 is 1. The molecule has 0 atom stereocenters. The second kappa shape index (κ2) is 5.53. The molecule has 1 aliphatic heterocycles. The molecule has 1 heterocycles. The lowest BCUT2D eigenvalue weighted by Gasteiger charge is -2.19. The SMILES string of the molecule is COCCCc1ccc2c(c1)CN(C(C)C)C2=O. The molecular weight excluding hydrogens is 226 g/mol. The third-order valence-corrected chi connectivity index (χ3v) is 3.44. The van der Waals surface area contributed by atoms with E-state index in [2.05, 4.69) is 26.0 Å². The zero-order valence-corrected chi connectivity index (χ0v) is 11.4. The second-order valence-electron chi connectivity index (χ2n) is 5.11. The van der Waals surface area contributed by atoms with Crippen LogP contribution in [0.1, 0.15) is 41.8 Å². The molecule has 0 saturated heterocycles. The first-order valence-corrected chi connectivity index (χ1v) is 6.55. The van der Waals surface area contributed by atoms with E-state index in [0.717, 1.165) is 31.6 Å². The highest BCUT2D eigenvalue weighted by atomic mass is 16.5. The Morgan fingerprint density at radius 3 is 2.83 bits per heavy atom. The maximum atomic E-state index is 12.1. The molecule has 0 bridgehead atoms. The van der Waals surface area contributed by atoms with Crippen molar-refractivity contribution in [1.82, 2.24) is 4.90 Å². The van der Waals surface area contributed by atoms with E-state index in [1.165, 1.54) is 11.1 Å². The van der Waals surface area contributed by atoms with Crippen LogP contribution in [0.3, 0.4) is 0 Å². The van der Waals surface area contributed by atoms with E-state index in [9.17, 15) is 4.79 Å². The summed E-state index contributed by atoms with van der Waals surface area (Å²) in [5, 5.41) is 0. The van der Waals surface area contributed by atoms with E-state index in [1.807, 2.05) is 11.0 Å². The molecule has 0 N–H and O–H groups in total. The van der Waals surface area contributed by atoms with Crippen LogP contribution in [0.4, 0.5) is 0 Å². The van der Waals surface area contributed by atoms with Gasteiger partial charge in [-0.05, 0) is 43.9 Å². The van der Waals surface area contributed by atoms with Crippen molar-refractivity contribution in [2.45, 2.75) is 39.3 Å². The van der Waals surface area contributed by atoms with Crippen LogP contribution in [0, 0.1) is 0 Å². The fourth-order valence-electron chi connectivity index (χ4n) is 2.39. The third-order valence-electron chi connectivity index (χ3n) is 3.44. The lowest BCUT2D eigenvalue weighted by Crippen LogP contribution is -2.30. The van der Waals surface area contributed by atoms with Crippen LogP contribution in [-0.2, 0) is 17.7 Å². The number of benzene rings is 1. The van der Waals surface area contributed by atoms with Crippen molar-refractivity contribution < 1.29 is 9.53 Å². The van der Waals surface area contributed by atoms with Gasteiger partial charge in [0.2, 0.25) is 0 Å². The van der Waals surface area contributed by atoms with Gasteiger partial charge < -0.3 is 9.64 Å². The summed E-state index contributed by atoms with van der Waals surface area (Å²) in [5.41, 5.74) is 3.34. The van der Waals surface area contributed by atoms with Gasteiger partial charge in [0.15, 0.2) is 0 Å². The van der Waals surface area contributed by atoms with Crippen molar-refractivity contribution in [3.63, 3.8) is 0 Å². The van der Waals surface area contributed by atoms with Crippen molar-refractivity contribution >= 4 is 5.91 Å². The van der Waals surface area contributed by atoms with Gasteiger partial charge in [0.1, 0.15) is 0 Å². The first kappa shape index (κ1) is 13.1. The van der Waals surface area contributed by atoms with Gasteiger partial charge in [-0.25, -0.2) is 0 Å². The molecular formula is C15H21NO2. The first-order chi connectivity index (χ1) is 8.63. The molecule has 3 nitrogen and oxygen atoms in total. The lowest BCUT2D eigenvalue weighted by molar-refractivity contribution is 0.0730. The second-order valence-corrected chi connectivity index (χ2v) is 5.11. The fourth-order valence-corrected chi connectivity index (χ4v) is 2.39. The average molecular weight is 247 g/mol. The Bertz CT molecular complexity index is 440. The Morgan fingerprint density at radius 2 is 2.17 bits per heavy atom. The van der Waals surface area contributed by atoms with E-state index in [-0.39, 0.29) is 11.9 Å². The predicted molar refractivity (Wildman–Crippen MR) is 71.6 cm³/mol. The Labute approximate surface area is 109 Å². The summed E-state index contributed by atoms with van der Waals surface area (Å²) in [6.45, 7) is 5.66. The van der Waals surface area contributed by atoms with Crippen LogP contribution >= 0.6 is 0 Å². The van der Waals surface area contributed by atoms with Crippen LogP contribution in [0.2, 0.25) is 0 Å². The molecule has 0 saturated carbocycles. The van der Waals surface area contributed by atoms with Gasteiger partial charge in [0, 0.05) is 31.9 Å². The maximum Gasteiger partial charge on any atom is 0.254 e. The van der Waals surface area contributed by atoms with Gasteiger partial charge in [0.25, 0.3) is 5.91 Å². The number of amides is 1. The van der Waals surface area contributed by atoms with Crippen LogP contribution < -0.4 is 0 Å². The number of hydrogen-bond acceptors (Lipinski definition) is 2. The van der Waals surface area contributed by atoms with Crippen molar-refractivity contribution in [3.8, 4) is 0 Å². The van der Waals surface area contributed by atoms with Crippen molar-refractivity contribution in [1.29, 1.82) is 0 Å². The zero-order valence-electron chi connectivity index (χ0n) is 11.4. The van der Waals surface area contributed by atoms with Crippen LogP contribution in [0.15, 0.2) is 18.2 Å². The molecule has 0 aliphatic carbocycles. The molecule has 1 aromatic rings. The van der Waals surface area contributed by atoms with Crippen LogP contribution in [0.5, 0.6) is 0 Å². The molecule has 18 heavy (non-hydrogen) atoms. The first-order valence-electron chi connectivity index (χ1n) is 6.55. The minimum Gasteiger partial charge on any atom is -0.385 e. The predicted octanol–water partition coefficient (Wildman–Crippen LogP) is 2.63. The van der Waals surface area contributed by atoms with Crippen molar-refractivity contribution in [2.24, 2.45) is 0 Å². The third kappa shape index (κ3) is 2.56. The smallest absolute Gasteiger partial charge is 0.254 e. The molecule has 0 fully saturated rings. The Kier molecular flexibility index (Phi) is 4.02. The van der Waals surface area contributed by atoms with E-state index < -0.39 is 0 Å². The van der Waals surface area contributed by atoms with E-state index >= 15 is 0 Å². The Balaban J connectivity index is 2.11. The molecule has 2 rings (SSSR count). The number of fused-ring (bicyclic) bond motifs is 1. The number of hydrogen-bond donors (Lipinski definition) is 0. The molecule has 0 aromatic heterocycles. The average Bonchev–Trinajstić information content (AvgIpc) is 2.67. The highest BCUT2D eigenvalue weighted by molar-refractivity contribution is 5.98. The van der Waals surface area contributed by atoms with Gasteiger partial charge >= 0.3 is 0 Å². The zero-order chi connectivity index (χ0) is 13.1. The molecule has 98 valence electrons. The van der Waals surface area contributed by atoms with Gasteiger partial charge in [-0.2, -0.15) is 0 Å². The number of aryl methyl sites for hydroxylation is 1. The van der Waals surface area contributed by atoms with E-state index in [4.69, 9.17) is 4.74 Å². The number of ether oxygens (including phenoxy) is 1. The molecule has 0 unspecified atom stereocenters. The van der Waals surface area contributed by atoms with E-state index in [0.29, 0.717) is 0 Å². The van der Waals surface area contributed by atoms with Crippen molar-refractivity contribution in [2.75, 3.05) is 13.7 Å². The molecule has 1 amide bonds. The number of carbonyl (C=O) groups excluding carboxylic acids is 1. The van der Waals surface area contributed by atoms with Gasteiger partial charge in [-0.1, -0.05) is 12.1 Å². The number of carbonyl (C=O) groups is 1. The number of nitrogens with zero attached hydrogens (tertiary/aromatic N) is 1. The summed E-state index contributed by atoms with van der Waals surface area (Å²) < 4.78 is 5.06. The normalized spacial score (nSPS) is 14.4. The van der Waals surface area contributed by atoms with Gasteiger partial charge in [-0.3, -0.25) is 4.79 Å². The van der Waals surface area contributed by atoms with Crippen LogP contribution in [0.25, 0.3) is 0 Å². The summed E-state index contributed by atoms with van der Waals surface area (Å²) in [5.74, 6) is 0.170. The highest BCUT2D eigenvalue weighted by Gasteiger charge is 2.28. The summed E-state index contributed by atoms with van der Waals surface area (Å²) >= 11 is 0. The quantitative estimate of drug-likeness (QED) is 0.749. The van der Waals surface area contributed by atoms with E-state index in [1.54, 1.807) is 7.11 Å². The van der Waals surface area contributed by atoms with Gasteiger partial charge in [0.05, 0.1) is 0 Å². The Hall–Kier alpha value is -1.35. The summed E-state index contributed by atoms with van der Waals surface area (Å²) in [4.78, 5) is 14.0. The molecule has 3 heteroatoms. The summed E-state index contributed by atoms with van der Waals surface area (Å²) in [7, 11) is 1.72. The Morgan fingerprint density at radius 1 is 1.39 bits per heavy atom.